The molecule has 324 valence electrons. The van der Waals surface area contributed by atoms with Crippen molar-refractivity contribution in [3.8, 4) is 27.8 Å². The van der Waals surface area contributed by atoms with Crippen molar-refractivity contribution in [2.75, 3.05) is 24.0 Å². The predicted molar refractivity (Wildman–Crippen MR) is 244 cm³/mol. The first-order chi connectivity index (χ1) is 30.7. The highest BCUT2D eigenvalue weighted by Gasteiger charge is 2.68. The Labute approximate surface area is 377 Å². The van der Waals surface area contributed by atoms with Crippen molar-refractivity contribution in [3.05, 3.63) is 130 Å². The Bertz CT molecular complexity index is 3050. The maximum absolute atomic E-state index is 15.3. The van der Waals surface area contributed by atoms with E-state index in [9.17, 15) is 19.5 Å². The summed E-state index contributed by atoms with van der Waals surface area (Å²) in [5.41, 5.74) is 3.27. The number of carbonyl (C=O) groups is 4. The number of allylic oxidation sites excluding steroid dienone is 2. The Morgan fingerprint density at radius 1 is 0.891 bits per heavy atom. The monoisotopic (exact) mass is 896 g/mol. The summed E-state index contributed by atoms with van der Waals surface area (Å²) in [4.78, 5) is 62.5. The van der Waals surface area contributed by atoms with Gasteiger partial charge >= 0.3 is 0 Å². The molecule has 4 heterocycles. The van der Waals surface area contributed by atoms with Gasteiger partial charge in [0.1, 0.15) is 23.0 Å². The topological polar surface area (TPSA) is 131 Å². The van der Waals surface area contributed by atoms with E-state index in [-0.39, 0.29) is 30.5 Å². The fourth-order valence-electron chi connectivity index (χ4n) is 10.7. The summed E-state index contributed by atoms with van der Waals surface area (Å²) in [6, 6.07) is 24.0. The molecule has 6 atom stereocenters. The number of imide groups is 2. The highest BCUT2D eigenvalue weighted by atomic mass is 35.5. The van der Waals surface area contributed by atoms with Crippen LogP contribution in [-0.4, -0.2) is 52.7 Å². The molecular weight excluding hydrogens is 855 g/mol. The van der Waals surface area contributed by atoms with Gasteiger partial charge in [0.05, 0.1) is 48.0 Å². The lowest BCUT2D eigenvalue weighted by Gasteiger charge is -2.49. The lowest BCUT2D eigenvalue weighted by atomic mass is 9.51. The van der Waals surface area contributed by atoms with E-state index in [4.69, 9.17) is 26.2 Å². The summed E-state index contributed by atoms with van der Waals surface area (Å²) in [6.07, 6.45) is 6.04. The number of thiophene rings is 1. The van der Waals surface area contributed by atoms with Gasteiger partial charge in [-0.3, -0.25) is 28.8 Å². The van der Waals surface area contributed by atoms with Crippen molar-refractivity contribution in [1.29, 1.82) is 0 Å². The molecule has 10 rings (SSSR count). The molecule has 6 aromatic rings. The number of anilines is 2. The van der Waals surface area contributed by atoms with E-state index in [1.165, 1.54) is 38.0 Å². The Hall–Kier alpha value is -6.57. The molecule has 6 unspecified atom stereocenters. The van der Waals surface area contributed by atoms with Crippen LogP contribution in [0.2, 0.25) is 5.02 Å². The van der Waals surface area contributed by atoms with Gasteiger partial charge in [-0.1, -0.05) is 53.6 Å². The third kappa shape index (κ3) is 6.22. The summed E-state index contributed by atoms with van der Waals surface area (Å²) < 4.78 is 28.7. The van der Waals surface area contributed by atoms with E-state index >= 15 is 9.18 Å². The van der Waals surface area contributed by atoms with Crippen LogP contribution in [-0.2, 0) is 26.2 Å². The van der Waals surface area contributed by atoms with Crippen LogP contribution in [0.1, 0.15) is 47.9 Å². The minimum absolute atomic E-state index is 0.118. The minimum atomic E-state index is -1.42. The average Bonchev–Trinajstić information content (AvgIpc) is 3.96. The molecule has 64 heavy (non-hydrogen) atoms. The Kier molecular flexibility index (Phi) is 9.91. The normalized spacial score (nSPS) is 24.1. The Balaban J connectivity index is 0.994. The van der Waals surface area contributed by atoms with Gasteiger partial charge < -0.3 is 14.6 Å². The van der Waals surface area contributed by atoms with E-state index in [0.29, 0.717) is 39.0 Å². The van der Waals surface area contributed by atoms with Gasteiger partial charge in [-0.2, -0.15) is 5.10 Å². The van der Waals surface area contributed by atoms with Crippen molar-refractivity contribution >= 4 is 80.3 Å². The number of phenolic OH excluding ortho intramolecular Hbond substituents is 1. The smallest absolute Gasteiger partial charge is 0.242 e. The molecular formula is C50H42ClFN4O7S. The summed E-state index contributed by atoms with van der Waals surface area (Å²) in [6.45, 7) is 3.72. The zero-order valence-corrected chi connectivity index (χ0v) is 37.0. The minimum Gasteiger partial charge on any atom is -0.505 e. The molecule has 1 saturated carbocycles. The number of aryl methyl sites for hydroxylation is 2. The summed E-state index contributed by atoms with van der Waals surface area (Å²) in [7, 11) is 4.87. The second-order valence-corrected chi connectivity index (χ2v) is 18.6. The van der Waals surface area contributed by atoms with Crippen LogP contribution < -0.4 is 19.3 Å². The molecule has 4 aromatic carbocycles. The number of nitrogens with zero attached hydrogens (tertiary/aromatic N) is 4. The first kappa shape index (κ1) is 41.4. The number of rotatable bonds is 8. The first-order valence-corrected chi connectivity index (χ1v) is 22.1. The average molecular weight is 897 g/mol. The third-order valence-corrected chi connectivity index (χ3v) is 15.4. The van der Waals surface area contributed by atoms with E-state index in [1.54, 1.807) is 52.5 Å². The largest absolute Gasteiger partial charge is 0.505 e. The van der Waals surface area contributed by atoms with Crippen LogP contribution in [0.25, 0.3) is 32.8 Å². The number of carbonyl (C=O) groups excluding carboxylic acids is 4. The fraction of sp³-hybridized carbons (Fsp3) is 0.260. The van der Waals surface area contributed by atoms with Gasteiger partial charge in [0, 0.05) is 34.3 Å². The van der Waals surface area contributed by atoms with Gasteiger partial charge in [-0.05, 0) is 115 Å². The molecule has 4 aliphatic rings. The van der Waals surface area contributed by atoms with Gasteiger partial charge in [0.25, 0.3) is 0 Å². The number of hydrogen-bond acceptors (Lipinski definition) is 9. The first-order valence-electron chi connectivity index (χ1n) is 20.9. The van der Waals surface area contributed by atoms with Crippen LogP contribution in [0.4, 0.5) is 15.9 Å². The zero-order valence-electron chi connectivity index (χ0n) is 35.5. The van der Waals surface area contributed by atoms with Crippen LogP contribution in [0.15, 0.2) is 96.6 Å². The third-order valence-electron chi connectivity index (χ3n) is 13.8. The number of phenols is 1. The number of methoxy groups -OCH3 is 2. The van der Waals surface area contributed by atoms with Gasteiger partial charge in [0.15, 0.2) is 11.6 Å². The molecule has 0 radical (unpaired) electrons. The number of aromatic hydroxyl groups is 1. The van der Waals surface area contributed by atoms with Crippen molar-refractivity contribution in [2.24, 2.45) is 36.1 Å². The SMILES string of the molecule is COc1ccc(OC)c(C=Cc2ccc(N3C(=O)C4CC=C5C(CC6C(=O)N(c7cc(-c8sc9ccc(Cl)cc9c8C)nn7C)C(=O)C6(C)C5c5ccc(O)c(F)c5)C4C3=O)cc2)c1. The summed E-state index contributed by atoms with van der Waals surface area (Å²) >= 11 is 7.87. The molecule has 0 bridgehead atoms. The van der Waals surface area contributed by atoms with Crippen molar-refractivity contribution < 1.29 is 38.1 Å². The lowest BCUT2D eigenvalue weighted by Crippen LogP contribution is -2.49. The molecule has 1 N–H and O–H groups in total. The Morgan fingerprint density at radius 3 is 2.41 bits per heavy atom. The molecule has 2 aliphatic carbocycles. The second kappa shape index (κ2) is 15.3. The summed E-state index contributed by atoms with van der Waals surface area (Å²) in [5, 5.41) is 16.6. The second-order valence-electron chi connectivity index (χ2n) is 17.1. The quantitative estimate of drug-likeness (QED) is 0.0908. The van der Waals surface area contributed by atoms with E-state index in [2.05, 4.69) is 0 Å². The lowest BCUT2D eigenvalue weighted by molar-refractivity contribution is -0.131. The van der Waals surface area contributed by atoms with Crippen molar-refractivity contribution in [1.82, 2.24) is 9.78 Å². The van der Waals surface area contributed by atoms with Crippen LogP contribution in [0.3, 0.4) is 0 Å². The molecule has 4 amide bonds. The van der Waals surface area contributed by atoms with Crippen molar-refractivity contribution in [2.45, 2.75) is 32.6 Å². The number of hydrogen-bond donors (Lipinski definition) is 1. The van der Waals surface area contributed by atoms with E-state index < -0.39 is 58.4 Å². The Morgan fingerprint density at radius 2 is 1.67 bits per heavy atom. The molecule has 2 aliphatic heterocycles. The highest BCUT2D eigenvalue weighted by molar-refractivity contribution is 7.22. The molecule has 2 saturated heterocycles. The maximum Gasteiger partial charge on any atom is 0.242 e. The highest BCUT2D eigenvalue weighted by Crippen LogP contribution is 2.64. The number of ether oxygens (including phenoxy) is 2. The molecule has 2 aromatic heterocycles. The number of amides is 4. The number of aromatic nitrogens is 2. The maximum atomic E-state index is 15.3. The van der Waals surface area contributed by atoms with Crippen molar-refractivity contribution in [3.63, 3.8) is 0 Å². The zero-order chi connectivity index (χ0) is 44.9. The molecule has 0 spiro atoms. The molecule has 3 fully saturated rings. The number of benzene rings is 4. The molecule has 11 nitrogen and oxygen atoms in total. The van der Waals surface area contributed by atoms with E-state index in [0.717, 1.165) is 31.7 Å². The van der Waals surface area contributed by atoms with Crippen LogP contribution in [0, 0.1) is 41.8 Å². The van der Waals surface area contributed by atoms with Crippen LogP contribution in [0.5, 0.6) is 17.2 Å². The fourth-order valence-corrected chi connectivity index (χ4v) is 12.0. The van der Waals surface area contributed by atoms with Gasteiger partial charge in [-0.15, -0.1) is 11.3 Å². The van der Waals surface area contributed by atoms with E-state index in [1.807, 2.05) is 73.7 Å². The summed E-state index contributed by atoms with van der Waals surface area (Å²) in [5.74, 6) is -5.43. The molecule has 14 heteroatoms. The number of halogens is 2. The van der Waals surface area contributed by atoms with Gasteiger partial charge in [-0.25, -0.2) is 9.29 Å². The number of fused-ring (bicyclic) bond motifs is 5. The standard InChI is InChI=1S/C50H42ClFN4O7S/c1-25-34-22-29(51)11-19-41(34)64-45(25)38-24-42(54(3)53-38)56-47(59)36-23-35-32(44(50(36,2)49(56)61)28-10-17-39(57)37(52)21-28)15-16-33-43(35)48(60)55(46(33)58)30-12-7-26(8-13-30)6-9-27-20-31(62-4)14-18-40(27)63-5/h6-15,17-22,24,33,35-36,43-44,57H,16,23H2,1-5H3. The van der Waals surface area contributed by atoms with Crippen LogP contribution >= 0.6 is 22.9 Å². The van der Waals surface area contributed by atoms with Gasteiger partial charge in [0.2, 0.25) is 23.6 Å². The predicted octanol–water partition coefficient (Wildman–Crippen LogP) is 9.73.